The van der Waals surface area contributed by atoms with Crippen LogP contribution >= 0.6 is 0 Å². The van der Waals surface area contributed by atoms with E-state index in [4.69, 9.17) is 27.1 Å². The van der Waals surface area contributed by atoms with Crippen LogP contribution < -0.4 is 4.90 Å². The zero-order valence-electron chi connectivity index (χ0n) is 27.4. The third kappa shape index (κ3) is 2.84. The molecule has 0 saturated carbocycles. The van der Waals surface area contributed by atoms with Gasteiger partial charge in [-0.25, -0.2) is 16.5 Å². The predicted molar refractivity (Wildman–Crippen MR) is 87.9 cm³/mol. The van der Waals surface area contributed by atoms with Crippen molar-refractivity contribution in [3.63, 3.8) is 0 Å². The van der Waals surface area contributed by atoms with E-state index in [0.717, 1.165) is 6.20 Å². The Morgan fingerprint density at radius 1 is 1.83 bits per heavy atom. The summed E-state index contributed by atoms with van der Waals surface area (Å²) in [6.45, 7) is -12.0. The molecule has 120 valence electrons. The van der Waals surface area contributed by atoms with Gasteiger partial charge < -0.3 is 19.6 Å². The lowest BCUT2D eigenvalue weighted by molar-refractivity contribution is -0.130. The van der Waals surface area contributed by atoms with Crippen LogP contribution in [0, 0.1) is 12.5 Å². The van der Waals surface area contributed by atoms with Crippen LogP contribution in [0.25, 0.3) is 15.9 Å². The second-order valence-electron chi connectivity index (χ2n) is 4.28. The second kappa shape index (κ2) is 6.24. The smallest absolute Gasteiger partial charge is 0.302 e. The number of rotatable bonds is 3. The van der Waals surface area contributed by atoms with Crippen LogP contribution in [0.2, 0.25) is 0 Å². The monoisotopic (exact) mass is 328 g/mol. The molecule has 0 aromatic carbocycles. The van der Waals surface area contributed by atoms with Crippen molar-refractivity contribution in [1.82, 2.24) is 19.9 Å². The molecule has 1 amide bonds. The summed E-state index contributed by atoms with van der Waals surface area (Å²) in [4.78, 5) is 24.3. The zero-order valence-corrected chi connectivity index (χ0v) is 11.4. The van der Waals surface area contributed by atoms with E-state index in [1.807, 2.05) is 0 Å². The Morgan fingerprint density at radius 2 is 2.74 bits per heavy atom. The predicted octanol–water partition coefficient (Wildman–Crippen LogP) is 1.55. The van der Waals surface area contributed by atoms with Gasteiger partial charge in [-0.2, -0.15) is 0 Å². The lowest BCUT2D eigenvalue weighted by atomic mass is 9.92. The molecular formula is C16H20N6O. The van der Waals surface area contributed by atoms with Gasteiger partial charge in [0.05, 0.1) is 16.9 Å². The van der Waals surface area contributed by atoms with Crippen molar-refractivity contribution in [3.8, 4) is 0 Å². The maximum atomic E-state index is 13.0. The van der Waals surface area contributed by atoms with E-state index < -0.39 is 86.0 Å². The molecule has 7 nitrogen and oxygen atoms in total. The molecular weight excluding hydrogens is 292 g/mol. The number of aromatic amines is 1. The van der Waals surface area contributed by atoms with Gasteiger partial charge >= 0.3 is 5.91 Å². The Bertz CT molecular complexity index is 1360. The molecule has 3 rings (SSSR count). The van der Waals surface area contributed by atoms with E-state index in [1.54, 1.807) is 0 Å². The first-order chi connectivity index (χ1) is 17.3. The van der Waals surface area contributed by atoms with Crippen molar-refractivity contribution in [2.24, 2.45) is 5.89 Å². The largest absolute Gasteiger partial charge is 0.354 e. The summed E-state index contributed by atoms with van der Waals surface area (Å²) in [7, 11) is 0. The molecule has 23 heavy (non-hydrogen) atoms. The summed E-state index contributed by atoms with van der Waals surface area (Å²) in [6.07, 6.45) is -1.69. The summed E-state index contributed by atoms with van der Waals surface area (Å²) in [6, 6.07) is -4.61. The van der Waals surface area contributed by atoms with E-state index in [9.17, 15) is 6.17 Å². The highest BCUT2D eigenvalue weighted by Crippen LogP contribution is 2.28. The van der Waals surface area contributed by atoms with Gasteiger partial charge in [-0.1, -0.05) is 6.85 Å². The zero-order chi connectivity index (χ0) is 30.4. The van der Waals surface area contributed by atoms with E-state index >= 15 is 0 Å². The number of likely N-dealkylation sites (tertiary alicyclic amines) is 1. The number of fused-ring (bicyclic) bond motifs is 1. The van der Waals surface area contributed by atoms with E-state index in [2.05, 4.69) is 19.8 Å². The number of piperidine rings is 1. The standard InChI is InChI=1S/C16H20N6O/c1-11-5-7-22(14(23)8-17-2)9-13(11)21(3)16-12-4-6-18-15(12)19-10-20-16/h4,6,10-11,13H,5,7-9H2,1,3H3,(H,18,19,20)/t11-,13+/m1/s1/i1D3,3D3,4D,7D2,8D2,9D2,10D,11D,13D. The van der Waals surface area contributed by atoms with Gasteiger partial charge in [0.2, 0.25) is 0 Å². The van der Waals surface area contributed by atoms with Crippen LogP contribution in [0.3, 0.4) is 0 Å². The Balaban J connectivity index is 2.57. The fraction of sp³-hybridized carbons (Fsp3) is 0.500. The normalized spacial score (nSPS) is 43.9. The van der Waals surface area contributed by atoms with Crippen molar-refractivity contribution in [3.05, 3.63) is 30.0 Å². The molecule has 0 spiro atoms. The minimum atomic E-state index is -4.19. The van der Waals surface area contributed by atoms with Gasteiger partial charge in [0.25, 0.3) is 6.50 Å². The van der Waals surface area contributed by atoms with Gasteiger partial charge in [-0.05, 0) is 18.4 Å². The molecule has 0 aliphatic carbocycles. The van der Waals surface area contributed by atoms with Gasteiger partial charge in [0, 0.05) is 38.5 Å². The number of hydrogen-bond acceptors (Lipinski definition) is 4. The maximum Gasteiger partial charge on any atom is 0.302 e. The van der Waals surface area contributed by atoms with Crippen LogP contribution in [-0.4, -0.2) is 58.2 Å². The summed E-state index contributed by atoms with van der Waals surface area (Å²) < 4.78 is 132. The fourth-order valence-corrected chi connectivity index (χ4v) is 1.88. The lowest BCUT2D eigenvalue weighted by Gasteiger charge is -2.41. The number of hydrogen-bond donors (Lipinski definition) is 1. The quantitative estimate of drug-likeness (QED) is 0.868. The van der Waals surface area contributed by atoms with Crippen molar-refractivity contribution < 1.29 is 26.7 Å². The molecule has 1 N–H and O–H groups in total. The number of nitrogens with one attached hydrogen (secondary N) is 1. The Hall–Kier alpha value is -2.62. The van der Waals surface area contributed by atoms with Gasteiger partial charge in [-0.3, -0.25) is 4.79 Å². The molecule has 2 aromatic rings. The minimum absolute atomic E-state index is 0.295. The van der Waals surface area contributed by atoms with Crippen LogP contribution in [0.15, 0.2) is 18.5 Å². The maximum absolute atomic E-state index is 13.0. The summed E-state index contributed by atoms with van der Waals surface area (Å²) >= 11 is 0. The van der Waals surface area contributed by atoms with Crippen LogP contribution in [0.4, 0.5) is 5.82 Å². The molecule has 0 unspecified atom stereocenters. The first kappa shape index (κ1) is 5.20. The van der Waals surface area contributed by atoms with Gasteiger partial charge in [-0.15, -0.1) is 0 Å². The SMILES string of the molecule is [2H]c1nc(N(C([2H])([2H])[2H])[C@@]2([2H])C([2H])([2H])N(C(=O)C([2H])([2H])[N+]#[C-])C([2H])([2H])C[C@@]2([2H])C([2H])([2H])[2H])c2c([2H])c[nH]c2n1. The molecule has 2 atom stereocenters. The van der Waals surface area contributed by atoms with Crippen molar-refractivity contribution >= 4 is 22.8 Å². The Morgan fingerprint density at radius 3 is 3.52 bits per heavy atom. The molecule has 1 aliphatic heterocycles. The number of likely N-dealkylation sites (N-methyl/N-ethyl adjacent to an activating group) is 1. The molecule has 1 aliphatic rings. The van der Waals surface area contributed by atoms with Crippen LogP contribution in [-0.2, 0) is 4.79 Å². The van der Waals surface area contributed by atoms with Gasteiger partial charge in [0.15, 0.2) is 0 Å². The number of anilines is 1. The highest BCUT2D eigenvalue weighted by atomic mass is 16.2. The summed E-state index contributed by atoms with van der Waals surface area (Å²) in [5.74, 6) is -7.00. The lowest BCUT2D eigenvalue weighted by Crippen LogP contribution is -2.53. The average Bonchev–Trinajstić information content (AvgIpc) is 3.10. The van der Waals surface area contributed by atoms with Crippen LogP contribution in [0.1, 0.15) is 35.2 Å². The number of aromatic nitrogens is 3. The second-order valence-corrected chi connectivity index (χ2v) is 4.28. The third-order valence-electron chi connectivity index (χ3n) is 2.91. The van der Waals surface area contributed by atoms with Crippen molar-refractivity contribution in [1.29, 1.82) is 0 Å². The van der Waals surface area contributed by atoms with E-state index in [1.165, 1.54) is 0 Å². The van der Waals surface area contributed by atoms with Gasteiger partial charge in [0.1, 0.15) is 21.9 Å². The average molecular weight is 328 g/mol. The first-order valence-corrected chi connectivity index (χ1v) is 6.17. The van der Waals surface area contributed by atoms with Crippen molar-refractivity contribution in [2.45, 2.75) is 19.3 Å². The number of nitrogens with zero attached hydrogens (tertiary/aromatic N) is 5. The molecule has 3 heterocycles. The number of carbonyl (C=O) groups excluding carboxylic acids is 1. The van der Waals surface area contributed by atoms with Crippen LogP contribution in [0.5, 0.6) is 0 Å². The molecule has 7 heteroatoms. The van der Waals surface area contributed by atoms with E-state index in [-0.39, 0.29) is 10.5 Å². The highest BCUT2D eigenvalue weighted by Gasteiger charge is 2.33. The van der Waals surface area contributed by atoms with Crippen molar-refractivity contribution in [2.75, 3.05) is 31.4 Å². The minimum Gasteiger partial charge on any atom is -0.354 e. The number of carbonyl (C=O) groups is 1. The first-order valence-electron chi connectivity index (χ1n) is 14.2. The number of amides is 1. The molecule has 1 fully saturated rings. The summed E-state index contributed by atoms with van der Waals surface area (Å²) in [5, 5.41) is -0.527. The highest BCUT2D eigenvalue weighted by molar-refractivity contribution is 5.87. The third-order valence-corrected chi connectivity index (χ3v) is 2.91. The molecule has 0 bridgehead atoms. The number of H-pyrrole nitrogens is 1. The topological polar surface area (TPSA) is 69.5 Å². The Kier molecular flexibility index (Phi) is 1.41. The fourth-order valence-electron chi connectivity index (χ4n) is 1.88. The Labute approximate surface area is 157 Å². The molecule has 1 saturated heterocycles. The molecule has 0 radical (unpaired) electrons. The summed E-state index contributed by atoms with van der Waals surface area (Å²) in [5.41, 5.74) is -0.346. The van der Waals surface area contributed by atoms with E-state index in [0.29, 0.717) is 0 Å². The molecule has 2 aromatic heterocycles.